The minimum absolute atomic E-state index is 0.305. The Morgan fingerprint density at radius 2 is 2.03 bits per heavy atom. The molecule has 0 aliphatic heterocycles. The van der Waals surface area contributed by atoms with E-state index < -0.39 is 6.09 Å². The van der Waals surface area contributed by atoms with Crippen molar-refractivity contribution in [3.8, 4) is 32.3 Å². The summed E-state index contributed by atoms with van der Waals surface area (Å²) in [5, 5.41) is 3.46. The molecule has 4 rings (SSSR count). The van der Waals surface area contributed by atoms with E-state index in [-0.39, 0.29) is 0 Å². The zero-order chi connectivity index (χ0) is 22.0. The van der Waals surface area contributed by atoms with Crippen LogP contribution in [0.4, 0.5) is 16.3 Å². The number of benzene rings is 1. The Kier molecular flexibility index (Phi) is 5.91. The van der Waals surface area contributed by atoms with E-state index in [1.807, 2.05) is 0 Å². The van der Waals surface area contributed by atoms with Crippen LogP contribution in [-0.2, 0) is 4.74 Å². The molecule has 0 atom stereocenters. The highest BCUT2D eigenvalue weighted by Gasteiger charge is 2.25. The fraction of sp³-hybridized carbons (Fsp3) is 0.0476. The number of thiophene rings is 1. The summed E-state index contributed by atoms with van der Waals surface area (Å²) in [6.07, 6.45) is 4.27. The summed E-state index contributed by atoms with van der Waals surface area (Å²) < 4.78 is 4.62. The maximum atomic E-state index is 11.6. The van der Waals surface area contributed by atoms with E-state index in [0.29, 0.717) is 48.9 Å². The summed E-state index contributed by atoms with van der Waals surface area (Å²) in [6.45, 7) is 7.90. The molecule has 10 heteroatoms. The molecule has 31 heavy (non-hydrogen) atoms. The molecule has 0 saturated carbocycles. The van der Waals surface area contributed by atoms with Crippen LogP contribution >= 0.6 is 34.5 Å². The van der Waals surface area contributed by atoms with Crippen LogP contribution in [-0.4, -0.2) is 28.2 Å². The number of hydrogen-bond acceptors (Lipinski definition) is 5. The highest BCUT2D eigenvalue weighted by atomic mass is 35.5. The minimum Gasteiger partial charge on any atom is -0.453 e. The summed E-state index contributed by atoms with van der Waals surface area (Å²) >= 11 is 14.0. The van der Waals surface area contributed by atoms with E-state index in [4.69, 9.17) is 29.8 Å². The second-order valence-electron chi connectivity index (χ2n) is 6.20. The Labute approximate surface area is 191 Å². The van der Waals surface area contributed by atoms with E-state index in [0.717, 1.165) is 4.88 Å². The third-order valence-corrected chi connectivity index (χ3v) is 6.13. The molecule has 1 amide bonds. The molecule has 4 aromatic rings. The van der Waals surface area contributed by atoms with Crippen molar-refractivity contribution in [2.45, 2.75) is 0 Å². The third-order valence-electron chi connectivity index (χ3n) is 4.35. The molecule has 1 aromatic carbocycles. The summed E-state index contributed by atoms with van der Waals surface area (Å²) in [5.41, 5.74) is 2.45. The second-order valence-corrected chi connectivity index (χ2v) is 8.07. The van der Waals surface area contributed by atoms with Crippen molar-refractivity contribution >= 4 is 52.1 Å². The van der Waals surface area contributed by atoms with E-state index in [1.165, 1.54) is 18.4 Å². The number of pyridine rings is 1. The molecule has 0 spiro atoms. The largest absolute Gasteiger partial charge is 0.453 e. The Hall–Kier alpha value is -3.38. The van der Waals surface area contributed by atoms with Gasteiger partial charge >= 0.3 is 6.09 Å². The number of halogens is 2. The summed E-state index contributed by atoms with van der Waals surface area (Å²) in [4.78, 5) is 28.4. The van der Waals surface area contributed by atoms with Gasteiger partial charge in [-0.25, -0.2) is 19.6 Å². The third kappa shape index (κ3) is 4.11. The van der Waals surface area contributed by atoms with Crippen LogP contribution in [0.15, 0.2) is 48.9 Å². The zero-order valence-corrected chi connectivity index (χ0v) is 18.3. The average Bonchev–Trinajstić information content (AvgIpc) is 3.41. The zero-order valence-electron chi connectivity index (χ0n) is 15.9. The van der Waals surface area contributed by atoms with Crippen molar-refractivity contribution in [2.24, 2.45) is 0 Å². The number of amides is 1. The van der Waals surface area contributed by atoms with Crippen molar-refractivity contribution in [1.82, 2.24) is 15.0 Å². The molecule has 3 heterocycles. The molecule has 154 valence electrons. The van der Waals surface area contributed by atoms with Crippen molar-refractivity contribution in [3.05, 3.63) is 70.4 Å². The number of methoxy groups -OCH3 is 1. The van der Waals surface area contributed by atoms with Crippen molar-refractivity contribution < 1.29 is 9.53 Å². The van der Waals surface area contributed by atoms with Gasteiger partial charge in [-0.15, -0.1) is 11.3 Å². The quantitative estimate of drug-likeness (QED) is 0.318. The molecule has 0 unspecified atom stereocenters. The van der Waals surface area contributed by atoms with E-state index in [9.17, 15) is 4.79 Å². The van der Waals surface area contributed by atoms with Gasteiger partial charge in [0.1, 0.15) is 11.6 Å². The van der Waals surface area contributed by atoms with Gasteiger partial charge in [-0.05, 0) is 35.4 Å². The maximum absolute atomic E-state index is 11.6. The number of nitrogens with one attached hydrogen (secondary N) is 2. The van der Waals surface area contributed by atoms with Crippen LogP contribution in [0.5, 0.6) is 0 Å². The van der Waals surface area contributed by atoms with Gasteiger partial charge in [0.15, 0.2) is 0 Å². The predicted molar refractivity (Wildman–Crippen MR) is 123 cm³/mol. The number of aromatic amines is 1. The average molecular weight is 470 g/mol. The lowest BCUT2D eigenvalue weighted by Gasteiger charge is -2.07. The van der Waals surface area contributed by atoms with E-state index in [1.54, 1.807) is 48.9 Å². The summed E-state index contributed by atoms with van der Waals surface area (Å²) in [6, 6.07) is 8.60. The maximum Gasteiger partial charge on any atom is 0.412 e. The fourth-order valence-corrected chi connectivity index (χ4v) is 4.73. The lowest BCUT2D eigenvalue weighted by molar-refractivity contribution is 0.187. The monoisotopic (exact) mass is 469 g/mol. The first kappa shape index (κ1) is 20.9. The number of anilines is 1. The molecule has 3 aromatic heterocycles. The number of H-pyrrole nitrogens is 1. The van der Waals surface area contributed by atoms with Gasteiger partial charge in [0.2, 0.25) is 5.69 Å². The minimum atomic E-state index is -0.633. The van der Waals surface area contributed by atoms with Crippen molar-refractivity contribution in [3.63, 3.8) is 0 Å². The van der Waals surface area contributed by atoms with E-state index in [2.05, 4.69) is 29.9 Å². The molecule has 7 nitrogen and oxygen atoms in total. The Bertz CT molecular complexity index is 1310. The SMILES string of the molecule is [C-]#[N+]c1c(-c2ccnc(NC(=O)OC)c2)sc(-c2ncc[nH]2)c1-c1ccc(Cl)cc1Cl. The van der Waals surface area contributed by atoms with Crippen LogP contribution in [0.2, 0.25) is 10.0 Å². The standard InChI is InChI=1S/C21H13Cl2N5O2S/c1-24-17-16(13-4-3-12(22)10-14(13)23)19(20-26-7-8-27-20)31-18(17)11-5-6-25-15(9-11)28-21(29)30-2/h3-10H,2H3,(H,26,27)(H,25,28,29). The second kappa shape index (κ2) is 8.78. The smallest absolute Gasteiger partial charge is 0.412 e. The molecule has 0 radical (unpaired) electrons. The highest BCUT2D eigenvalue weighted by molar-refractivity contribution is 7.20. The van der Waals surface area contributed by atoms with Gasteiger partial charge in [-0.2, -0.15) is 0 Å². The van der Waals surface area contributed by atoms with Gasteiger partial charge in [0, 0.05) is 39.1 Å². The normalized spacial score (nSPS) is 10.5. The molecule has 0 bridgehead atoms. The number of carbonyl (C=O) groups is 1. The van der Waals surface area contributed by atoms with Gasteiger partial charge in [-0.3, -0.25) is 5.32 Å². The van der Waals surface area contributed by atoms with Crippen LogP contribution in [0, 0.1) is 6.57 Å². The number of imidazole rings is 1. The number of aromatic nitrogens is 3. The van der Waals surface area contributed by atoms with Crippen LogP contribution in [0.25, 0.3) is 37.1 Å². The van der Waals surface area contributed by atoms with Gasteiger partial charge in [0.25, 0.3) is 0 Å². The first-order valence-electron chi connectivity index (χ1n) is 8.82. The van der Waals surface area contributed by atoms with Crippen LogP contribution in [0.1, 0.15) is 0 Å². The lowest BCUT2D eigenvalue weighted by atomic mass is 10.0. The van der Waals surface area contributed by atoms with Gasteiger partial charge < -0.3 is 9.72 Å². The molecule has 0 fully saturated rings. The Balaban J connectivity index is 1.94. The molecular formula is C21H13Cl2N5O2S. The molecule has 0 aliphatic rings. The fourth-order valence-electron chi connectivity index (χ4n) is 3.02. The Morgan fingerprint density at radius 1 is 1.19 bits per heavy atom. The Morgan fingerprint density at radius 3 is 2.71 bits per heavy atom. The van der Waals surface area contributed by atoms with Gasteiger partial charge in [-0.1, -0.05) is 29.3 Å². The lowest BCUT2D eigenvalue weighted by Crippen LogP contribution is -2.11. The van der Waals surface area contributed by atoms with Crippen molar-refractivity contribution in [2.75, 3.05) is 12.4 Å². The van der Waals surface area contributed by atoms with Gasteiger partial charge in [0.05, 0.1) is 18.6 Å². The summed E-state index contributed by atoms with van der Waals surface area (Å²) in [7, 11) is 1.27. The number of hydrogen-bond donors (Lipinski definition) is 2. The van der Waals surface area contributed by atoms with Crippen LogP contribution in [0.3, 0.4) is 0 Å². The molecule has 0 saturated heterocycles. The van der Waals surface area contributed by atoms with Crippen LogP contribution < -0.4 is 5.32 Å². The number of nitrogens with zero attached hydrogens (tertiary/aromatic N) is 3. The summed E-state index contributed by atoms with van der Waals surface area (Å²) in [5.74, 6) is 0.920. The molecule has 0 aliphatic carbocycles. The number of carbonyl (C=O) groups excluding carboxylic acids is 1. The van der Waals surface area contributed by atoms with Crippen molar-refractivity contribution in [1.29, 1.82) is 0 Å². The first-order chi connectivity index (χ1) is 15.0. The molecular weight excluding hydrogens is 457 g/mol. The topological polar surface area (TPSA) is 84.3 Å². The predicted octanol–water partition coefficient (Wildman–Crippen LogP) is 6.90. The number of rotatable bonds is 4. The number of ether oxygens (including phenoxy) is 1. The molecule has 2 N–H and O–H groups in total. The van der Waals surface area contributed by atoms with E-state index >= 15 is 0 Å². The first-order valence-corrected chi connectivity index (χ1v) is 10.4. The highest BCUT2D eigenvalue weighted by Crippen LogP contribution is 2.53.